The predicted molar refractivity (Wildman–Crippen MR) is 108 cm³/mol. The Bertz CT molecular complexity index is 1200. The van der Waals surface area contributed by atoms with Gasteiger partial charge in [-0.2, -0.15) is 0 Å². The molecule has 0 aliphatic carbocycles. The number of amides is 2. The fraction of sp³-hybridized carbons (Fsp3) is 0.190. The van der Waals surface area contributed by atoms with Gasteiger partial charge in [-0.05, 0) is 23.3 Å². The summed E-state index contributed by atoms with van der Waals surface area (Å²) in [6.07, 6.45) is 0. The van der Waals surface area contributed by atoms with E-state index in [9.17, 15) is 14.4 Å². The number of aromatic nitrogens is 2. The zero-order valence-corrected chi connectivity index (χ0v) is 16.0. The number of anilines is 1. The Morgan fingerprint density at radius 2 is 1.72 bits per heavy atom. The molecule has 0 radical (unpaired) electrons. The fourth-order valence-electron chi connectivity index (χ4n) is 3.40. The number of nitrogens with zero attached hydrogens (tertiary/aromatic N) is 2. The molecule has 2 heterocycles. The minimum absolute atomic E-state index is 0.197. The molecular formula is C21H20N4O4. The molecule has 2 aromatic carbocycles. The number of ether oxygens (including phenoxy) is 1. The first-order chi connectivity index (χ1) is 14.0. The molecule has 0 saturated heterocycles. The molecule has 1 atom stereocenters. The van der Waals surface area contributed by atoms with Crippen molar-refractivity contribution in [2.75, 3.05) is 5.32 Å². The Labute approximate surface area is 166 Å². The molecule has 29 heavy (non-hydrogen) atoms. The molecule has 1 unspecified atom stereocenters. The normalized spacial score (nSPS) is 15.2. The lowest BCUT2D eigenvalue weighted by Gasteiger charge is -2.28. The average Bonchev–Trinajstić information content (AvgIpc) is 2.75. The van der Waals surface area contributed by atoms with Crippen LogP contribution in [0.25, 0.3) is 0 Å². The van der Waals surface area contributed by atoms with Crippen LogP contribution in [0.5, 0.6) is 5.75 Å². The topological polar surface area (TPSA) is 94.4 Å². The van der Waals surface area contributed by atoms with Crippen molar-refractivity contribution < 1.29 is 9.53 Å². The molecule has 1 aromatic heterocycles. The lowest BCUT2D eigenvalue weighted by molar-refractivity contribution is 0.248. The molecule has 3 aromatic rings. The summed E-state index contributed by atoms with van der Waals surface area (Å²) in [5.41, 5.74) is 1.05. The summed E-state index contributed by atoms with van der Waals surface area (Å²) in [5, 5.41) is 5.34. The highest BCUT2D eigenvalue weighted by Crippen LogP contribution is 2.30. The van der Waals surface area contributed by atoms with E-state index in [0.717, 1.165) is 10.1 Å². The summed E-state index contributed by atoms with van der Waals surface area (Å²) < 4.78 is 8.16. The highest BCUT2D eigenvalue weighted by Gasteiger charge is 2.31. The van der Waals surface area contributed by atoms with Crippen molar-refractivity contribution in [2.24, 2.45) is 14.1 Å². The summed E-state index contributed by atoms with van der Waals surface area (Å²) in [6.45, 7) is 0.399. The van der Waals surface area contributed by atoms with Crippen molar-refractivity contribution in [3.05, 3.63) is 92.1 Å². The predicted octanol–water partition coefficient (Wildman–Crippen LogP) is 1.89. The molecule has 0 saturated carbocycles. The molecule has 4 rings (SSSR count). The molecule has 0 bridgehead atoms. The van der Waals surface area contributed by atoms with E-state index in [-0.39, 0.29) is 5.82 Å². The third-order valence-electron chi connectivity index (χ3n) is 4.94. The number of rotatable bonds is 4. The summed E-state index contributed by atoms with van der Waals surface area (Å²) >= 11 is 0. The van der Waals surface area contributed by atoms with E-state index >= 15 is 0 Å². The van der Waals surface area contributed by atoms with E-state index < -0.39 is 23.3 Å². The first-order valence-corrected chi connectivity index (χ1v) is 9.10. The van der Waals surface area contributed by atoms with Crippen LogP contribution in [0.15, 0.2) is 64.2 Å². The maximum absolute atomic E-state index is 12.8. The van der Waals surface area contributed by atoms with Gasteiger partial charge in [0.05, 0.1) is 11.6 Å². The fourth-order valence-corrected chi connectivity index (χ4v) is 3.40. The van der Waals surface area contributed by atoms with Crippen LogP contribution in [0.3, 0.4) is 0 Å². The van der Waals surface area contributed by atoms with Gasteiger partial charge in [0.25, 0.3) is 5.56 Å². The van der Waals surface area contributed by atoms with Crippen LogP contribution in [0, 0.1) is 0 Å². The number of hydrogen-bond acceptors (Lipinski definition) is 4. The van der Waals surface area contributed by atoms with Gasteiger partial charge in [-0.3, -0.25) is 19.2 Å². The molecule has 8 heteroatoms. The van der Waals surface area contributed by atoms with Crippen molar-refractivity contribution in [1.29, 1.82) is 0 Å². The molecule has 1 aliphatic heterocycles. The second-order valence-electron chi connectivity index (χ2n) is 6.85. The zero-order chi connectivity index (χ0) is 20.5. The summed E-state index contributed by atoms with van der Waals surface area (Å²) in [4.78, 5) is 37.2. The van der Waals surface area contributed by atoms with Crippen molar-refractivity contribution >= 4 is 11.8 Å². The SMILES string of the molecule is Cn1c2c(c(=O)n(C)c1=O)C(c1cccc(OCc3ccccc3)c1)NC(=O)N2. The van der Waals surface area contributed by atoms with E-state index in [1.54, 1.807) is 18.2 Å². The van der Waals surface area contributed by atoms with Crippen molar-refractivity contribution in [3.63, 3.8) is 0 Å². The monoisotopic (exact) mass is 392 g/mol. The van der Waals surface area contributed by atoms with Gasteiger partial charge in [0.15, 0.2) is 0 Å². The van der Waals surface area contributed by atoms with Gasteiger partial charge in [0.2, 0.25) is 0 Å². The van der Waals surface area contributed by atoms with Crippen LogP contribution in [-0.2, 0) is 20.7 Å². The zero-order valence-electron chi connectivity index (χ0n) is 16.0. The maximum Gasteiger partial charge on any atom is 0.332 e. The van der Waals surface area contributed by atoms with E-state index in [4.69, 9.17) is 4.74 Å². The largest absolute Gasteiger partial charge is 0.489 e. The van der Waals surface area contributed by atoms with Crippen LogP contribution in [0.1, 0.15) is 22.7 Å². The number of carbonyl (C=O) groups excluding carboxylic acids is 1. The lowest BCUT2D eigenvalue weighted by Crippen LogP contribution is -2.49. The minimum Gasteiger partial charge on any atom is -0.489 e. The van der Waals surface area contributed by atoms with Crippen LogP contribution >= 0.6 is 0 Å². The van der Waals surface area contributed by atoms with Gasteiger partial charge in [-0.25, -0.2) is 9.59 Å². The second-order valence-corrected chi connectivity index (χ2v) is 6.85. The highest BCUT2D eigenvalue weighted by atomic mass is 16.5. The van der Waals surface area contributed by atoms with Crippen molar-refractivity contribution in [3.8, 4) is 5.75 Å². The summed E-state index contributed by atoms with van der Waals surface area (Å²) in [5.74, 6) is 0.810. The van der Waals surface area contributed by atoms with Gasteiger partial charge in [-0.1, -0.05) is 42.5 Å². The Morgan fingerprint density at radius 3 is 2.48 bits per heavy atom. The average molecular weight is 392 g/mol. The molecule has 2 amide bonds. The number of carbonyl (C=O) groups is 1. The van der Waals surface area contributed by atoms with E-state index in [1.165, 1.54) is 18.7 Å². The first kappa shape index (κ1) is 18.5. The third-order valence-corrected chi connectivity index (χ3v) is 4.94. The molecule has 148 valence electrons. The standard InChI is InChI=1S/C21H20N4O4/c1-24-18-16(19(26)25(2)21(24)28)17(22-20(27)23-18)14-9-6-10-15(11-14)29-12-13-7-4-3-5-8-13/h3-11,17H,12H2,1-2H3,(H2,22,23,27). The number of urea groups is 1. The third kappa shape index (κ3) is 3.40. The summed E-state index contributed by atoms with van der Waals surface area (Å²) in [7, 11) is 2.93. The second kappa shape index (κ2) is 7.31. The molecule has 8 nitrogen and oxygen atoms in total. The van der Waals surface area contributed by atoms with E-state index in [0.29, 0.717) is 23.5 Å². The van der Waals surface area contributed by atoms with Crippen LogP contribution in [0.2, 0.25) is 0 Å². The highest BCUT2D eigenvalue weighted by molar-refractivity contribution is 5.92. The molecular weight excluding hydrogens is 372 g/mol. The van der Waals surface area contributed by atoms with Gasteiger partial charge < -0.3 is 10.1 Å². The van der Waals surface area contributed by atoms with Gasteiger partial charge >= 0.3 is 11.7 Å². The molecule has 0 spiro atoms. The summed E-state index contributed by atoms with van der Waals surface area (Å²) in [6, 6.07) is 15.8. The lowest BCUT2D eigenvalue weighted by atomic mass is 9.98. The van der Waals surface area contributed by atoms with Crippen molar-refractivity contribution in [1.82, 2.24) is 14.5 Å². The first-order valence-electron chi connectivity index (χ1n) is 9.10. The maximum atomic E-state index is 12.8. The van der Waals surface area contributed by atoms with Gasteiger partial charge in [0.1, 0.15) is 18.2 Å². The molecule has 1 aliphatic rings. The number of nitrogens with one attached hydrogen (secondary N) is 2. The minimum atomic E-state index is -0.704. The Morgan fingerprint density at radius 1 is 0.966 bits per heavy atom. The van der Waals surface area contributed by atoms with Gasteiger partial charge in [0, 0.05) is 14.1 Å². The Balaban J connectivity index is 1.72. The number of benzene rings is 2. The smallest absolute Gasteiger partial charge is 0.332 e. The quantitative estimate of drug-likeness (QED) is 0.709. The molecule has 0 fully saturated rings. The van der Waals surface area contributed by atoms with Crippen LogP contribution in [0.4, 0.5) is 10.6 Å². The van der Waals surface area contributed by atoms with Crippen LogP contribution < -0.4 is 26.6 Å². The molecule has 2 N–H and O–H groups in total. The van der Waals surface area contributed by atoms with E-state index in [1.807, 2.05) is 36.4 Å². The number of hydrogen-bond donors (Lipinski definition) is 2. The van der Waals surface area contributed by atoms with Crippen molar-refractivity contribution in [2.45, 2.75) is 12.6 Å². The number of fused-ring (bicyclic) bond motifs is 1. The van der Waals surface area contributed by atoms with Gasteiger partial charge in [-0.15, -0.1) is 0 Å². The Kier molecular flexibility index (Phi) is 4.67. The van der Waals surface area contributed by atoms with Crippen LogP contribution in [-0.4, -0.2) is 15.2 Å². The van der Waals surface area contributed by atoms with E-state index in [2.05, 4.69) is 10.6 Å². The Hall–Kier alpha value is -3.81.